The average Bonchev–Trinajstić information content (AvgIpc) is 2.41. The number of phenolic OH excluding ortho intramolecular Hbond substituents is 2. The molecule has 0 radical (unpaired) electrons. The summed E-state index contributed by atoms with van der Waals surface area (Å²) in [5.74, 6) is 10.4. The fourth-order valence-electron chi connectivity index (χ4n) is 1.19. The first-order chi connectivity index (χ1) is 8.69. The molecule has 0 saturated heterocycles. The van der Waals surface area contributed by atoms with Crippen molar-refractivity contribution in [2.75, 3.05) is 10.9 Å². The molecule has 0 unspecified atom stereocenters. The number of hydrazine groups is 2. The molecule has 0 bridgehead atoms. The maximum absolute atomic E-state index is 8.97. The summed E-state index contributed by atoms with van der Waals surface area (Å²) in [7, 11) is 0. The van der Waals surface area contributed by atoms with Crippen molar-refractivity contribution in [2.45, 2.75) is 0 Å². The second kappa shape index (κ2) is 7.00. The minimum atomic E-state index is 0.167. The largest absolute Gasteiger partial charge is 0.506 e. The maximum atomic E-state index is 8.97. The molecule has 0 aliphatic rings. The van der Waals surface area contributed by atoms with E-state index in [1.807, 2.05) is 0 Å². The van der Waals surface area contributed by atoms with E-state index in [1.54, 1.807) is 48.5 Å². The van der Waals surface area contributed by atoms with Gasteiger partial charge in [0.05, 0.1) is 11.4 Å². The summed E-state index contributed by atoms with van der Waals surface area (Å²) in [5, 5.41) is 17.9. The third-order valence-electron chi connectivity index (χ3n) is 2.12. The van der Waals surface area contributed by atoms with E-state index in [9.17, 15) is 0 Å². The molecule has 2 rings (SSSR count). The van der Waals surface area contributed by atoms with Crippen molar-refractivity contribution in [3.05, 3.63) is 48.5 Å². The van der Waals surface area contributed by atoms with Crippen LogP contribution in [-0.2, 0) is 0 Å². The van der Waals surface area contributed by atoms with Crippen LogP contribution in [0.15, 0.2) is 48.5 Å². The molecule has 0 spiro atoms. The zero-order valence-corrected chi connectivity index (χ0v) is 9.67. The summed E-state index contributed by atoms with van der Waals surface area (Å²) in [5.41, 5.74) is 5.77. The standard InChI is InChI=1S/2C6H8N2O/c2*7-8-5-3-1-2-4-6(5)9/h2*1-4,8-9H,7H2. The van der Waals surface area contributed by atoms with Gasteiger partial charge in [-0.05, 0) is 24.3 Å². The first kappa shape index (κ1) is 13.6. The number of aromatic hydroxyl groups is 2. The van der Waals surface area contributed by atoms with Crippen LogP contribution in [0.2, 0.25) is 0 Å². The third kappa shape index (κ3) is 3.85. The summed E-state index contributed by atoms with van der Waals surface area (Å²) in [4.78, 5) is 0. The number of anilines is 2. The molecule has 0 fully saturated rings. The SMILES string of the molecule is NNc1ccccc1O.NNc1ccccc1O. The molecule has 0 aliphatic carbocycles. The third-order valence-corrected chi connectivity index (χ3v) is 2.12. The predicted molar refractivity (Wildman–Crippen MR) is 71.8 cm³/mol. The normalized spacial score (nSPS) is 9.00. The first-order valence-corrected chi connectivity index (χ1v) is 5.18. The highest BCUT2D eigenvalue weighted by molar-refractivity contribution is 5.54. The second-order valence-corrected chi connectivity index (χ2v) is 3.32. The number of phenols is 2. The number of hydrogen-bond acceptors (Lipinski definition) is 6. The zero-order valence-electron chi connectivity index (χ0n) is 9.67. The maximum Gasteiger partial charge on any atom is 0.139 e. The quantitative estimate of drug-likeness (QED) is 0.271. The van der Waals surface area contributed by atoms with E-state index in [0.29, 0.717) is 11.4 Å². The summed E-state index contributed by atoms with van der Waals surface area (Å²) in [6.45, 7) is 0. The van der Waals surface area contributed by atoms with Gasteiger partial charge in [-0.1, -0.05) is 24.3 Å². The van der Waals surface area contributed by atoms with Gasteiger partial charge in [0.1, 0.15) is 11.5 Å². The van der Waals surface area contributed by atoms with Gasteiger partial charge in [0.15, 0.2) is 0 Å². The molecular formula is C12H16N4O2. The van der Waals surface area contributed by atoms with E-state index in [1.165, 1.54) is 0 Å². The van der Waals surface area contributed by atoms with Gasteiger partial charge in [0, 0.05) is 0 Å². The summed E-state index contributed by atoms with van der Waals surface area (Å²) >= 11 is 0. The summed E-state index contributed by atoms with van der Waals surface area (Å²) < 4.78 is 0. The Morgan fingerprint density at radius 3 is 1.22 bits per heavy atom. The van der Waals surface area contributed by atoms with Crippen LogP contribution in [0.25, 0.3) is 0 Å². The lowest BCUT2D eigenvalue weighted by Gasteiger charge is -1.99. The van der Waals surface area contributed by atoms with Gasteiger partial charge in [-0.3, -0.25) is 11.7 Å². The van der Waals surface area contributed by atoms with Crippen LogP contribution in [0.1, 0.15) is 0 Å². The number of rotatable bonds is 2. The highest BCUT2D eigenvalue weighted by Crippen LogP contribution is 2.19. The zero-order chi connectivity index (χ0) is 13.4. The fraction of sp³-hybridized carbons (Fsp3) is 0. The molecule has 2 aromatic carbocycles. The minimum Gasteiger partial charge on any atom is -0.506 e. The second-order valence-electron chi connectivity index (χ2n) is 3.32. The van der Waals surface area contributed by atoms with Gasteiger partial charge in [-0.25, -0.2) is 0 Å². The molecule has 0 aliphatic heterocycles. The smallest absolute Gasteiger partial charge is 0.139 e. The predicted octanol–water partition coefficient (Wildman–Crippen LogP) is 1.36. The lowest BCUT2D eigenvalue weighted by Crippen LogP contribution is -2.06. The monoisotopic (exact) mass is 248 g/mol. The Bertz CT molecular complexity index is 446. The van der Waals surface area contributed by atoms with E-state index < -0.39 is 0 Å². The molecule has 8 N–H and O–H groups in total. The van der Waals surface area contributed by atoms with Crippen molar-refractivity contribution in [3.63, 3.8) is 0 Å². The minimum absolute atomic E-state index is 0.167. The van der Waals surface area contributed by atoms with Gasteiger partial charge in [0.25, 0.3) is 0 Å². The number of nitrogen functional groups attached to an aromatic ring is 2. The number of nitrogens with one attached hydrogen (secondary N) is 2. The van der Waals surface area contributed by atoms with Crippen LogP contribution < -0.4 is 22.5 Å². The molecule has 0 aromatic heterocycles. The highest BCUT2D eigenvalue weighted by atomic mass is 16.3. The molecule has 0 atom stereocenters. The molecular weight excluding hydrogens is 232 g/mol. The Morgan fingerprint density at radius 2 is 1.00 bits per heavy atom. The van der Waals surface area contributed by atoms with Crippen molar-refractivity contribution in [3.8, 4) is 11.5 Å². The molecule has 6 heteroatoms. The fourth-order valence-corrected chi connectivity index (χ4v) is 1.19. The number of para-hydroxylation sites is 4. The summed E-state index contributed by atoms with van der Waals surface area (Å²) in [6.07, 6.45) is 0. The van der Waals surface area contributed by atoms with E-state index in [4.69, 9.17) is 21.9 Å². The molecule has 0 amide bonds. The molecule has 18 heavy (non-hydrogen) atoms. The van der Waals surface area contributed by atoms with Crippen molar-refractivity contribution in [2.24, 2.45) is 11.7 Å². The highest BCUT2D eigenvalue weighted by Gasteiger charge is 1.92. The van der Waals surface area contributed by atoms with Gasteiger partial charge < -0.3 is 21.1 Å². The van der Waals surface area contributed by atoms with E-state index in [-0.39, 0.29) is 11.5 Å². The van der Waals surface area contributed by atoms with Gasteiger partial charge in [-0.15, -0.1) is 0 Å². The lowest BCUT2D eigenvalue weighted by atomic mass is 10.3. The average molecular weight is 248 g/mol. The Morgan fingerprint density at radius 1 is 0.667 bits per heavy atom. The number of benzene rings is 2. The molecule has 0 heterocycles. The van der Waals surface area contributed by atoms with Crippen molar-refractivity contribution < 1.29 is 10.2 Å². The van der Waals surface area contributed by atoms with Gasteiger partial charge >= 0.3 is 0 Å². The van der Waals surface area contributed by atoms with E-state index in [0.717, 1.165) is 0 Å². The van der Waals surface area contributed by atoms with E-state index >= 15 is 0 Å². The van der Waals surface area contributed by atoms with Crippen LogP contribution in [0.3, 0.4) is 0 Å². The Labute approximate surface area is 105 Å². The van der Waals surface area contributed by atoms with Crippen molar-refractivity contribution in [1.82, 2.24) is 0 Å². The van der Waals surface area contributed by atoms with Crippen molar-refractivity contribution in [1.29, 1.82) is 0 Å². The van der Waals surface area contributed by atoms with Crippen LogP contribution in [-0.4, -0.2) is 10.2 Å². The molecule has 2 aromatic rings. The Hall–Kier alpha value is -2.44. The Balaban J connectivity index is 0.000000180. The Kier molecular flexibility index (Phi) is 5.30. The number of hydrogen-bond donors (Lipinski definition) is 6. The first-order valence-electron chi connectivity index (χ1n) is 5.18. The topological polar surface area (TPSA) is 117 Å². The van der Waals surface area contributed by atoms with Gasteiger partial charge in [-0.2, -0.15) is 0 Å². The van der Waals surface area contributed by atoms with Gasteiger partial charge in [0.2, 0.25) is 0 Å². The number of nitrogens with two attached hydrogens (primary N) is 2. The lowest BCUT2D eigenvalue weighted by molar-refractivity contribution is 0.477. The molecule has 6 nitrogen and oxygen atoms in total. The van der Waals surface area contributed by atoms with Crippen LogP contribution in [0.4, 0.5) is 11.4 Å². The molecule has 0 saturated carbocycles. The summed E-state index contributed by atoms with van der Waals surface area (Å²) in [6, 6.07) is 13.5. The van der Waals surface area contributed by atoms with Crippen LogP contribution in [0, 0.1) is 0 Å². The van der Waals surface area contributed by atoms with E-state index in [2.05, 4.69) is 10.9 Å². The molecule has 96 valence electrons. The van der Waals surface area contributed by atoms with Crippen LogP contribution >= 0.6 is 0 Å². The van der Waals surface area contributed by atoms with Crippen molar-refractivity contribution >= 4 is 11.4 Å². The van der Waals surface area contributed by atoms with Crippen LogP contribution in [0.5, 0.6) is 11.5 Å².